The van der Waals surface area contributed by atoms with Gasteiger partial charge in [0.15, 0.2) is 0 Å². The molecule has 0 amide bonds. The van der Waals surface area contributed by atoms with Crippen LogP contribution in [0, 0.1) is 17.0 Å². The third-order valence-electron chi connectivity index (χ3n) is 8.56. The minimum Gasteiger partial charge on any atom is -0.489 e. The van der Waals surface area contributed by atoms with Crippen molar-refractivity contribution in [1.29, 1.82) is 0 Å². The van der Waals surface area contributed by atoms with Gasteiger partial charge in [0, 0.05) is 48.9 Å². The van der Waals surface area contributed by atoms with Gasteiger partial charge in [-0.1, -0.05) is 36.4 Å². The van der Waals surface area contributed by atoms with Gasteiger partial charge in [-0.25, -0.2) is 17.6 Å². The molecule has 0 radical (unpaired) electrons. The maximum atomic E-state index is 15.8. The lowest BCUT2D eigenvalue weighted by Crippen LogP contribution is -2.54. The van der Waals surface area contributed by atoms with Gasteiger partial charge in [-0.2, -0.15) is 0 Å². The first kappa shape index (κ1) is 26.1. The first-order valence-electron chi connectivity index (χ1n) is 13.6. The summed E-state index contributed by atoms with van der Waals surface area (Å²) in [4.78, 5) is 3.56. The Bertz CT molecular complexity index is 1310. The molecular formula is C31H33F4N3O. The van der Waals surface area contributed by atoms with Crippen LogP contribution in [-0.2, 0) is 13.0 Å². The summed E-state index contributed by atoms with van der Waals surface area (Å²) in [6.07, 6.45) is -1.17. The maximum absolute atomic E-state index is 15.8. The van der Waals surface area contributed by atoms with Crippen molar-refractivity contribution in [2.24, 2.45) is 5.41 Å². The predicted octanol–water partition coefficient (Wildman–Crippen LogP) is 5.94. The molecule has 3 aliphatic rings. The van der Waals surface area contributed by atoms with Crippen LogP contribution in [0.1, 0.15) is 41.6 Å². The highest BCUT2D eigenvalue weighted by Gasteiger charge is 2.44. The van der Waals surface area contributed by atoms with Crippen molar-refractivity contribution >= 4 is 5.69 Å². The first-order valence-corrected chi connectivity index (χ1v) is 13.6. The first-order chi connectivity index (χ1) is 18.8. The summed E-state index contributed by atoms with van der Waals surface area (Å²) in [5, 5.41) is 3.29. The van der Waals surface area contributed by atoms with Gasteiger partial charge in [0.25, 0.3) is 6.43 Å². The molecule has 1 N–H and O–H groups in total. The molecule has 1 spiro atoms. The lowest BCUT2D eigenvalue weighted by Gasteiger charge is -2.42. The highest BCUT2D eigenvalue weighted by molar-refractivity contribution is 5.53. The number of hydrogen-bond acceptors (Lipinski definition) is 4. The second kappa shape index (κ2) is 10.5. The lowest BCUT2D eigenvalue weighted by molar-refractivity contribution is 0.0444. The van der Waals surface area contributed by atoms with E-state index in [2.05, 4.69) is 5.32 Å². The van der Waals surface area contributed by atoms with Crippen LogP contribution in [0.4, 0.5) is 23.2 Å². The van der Waals surface area contributed by atoms with E-state index in [1.807, 2.05) is 48.2 Å². The molecule has 2 atom stereocenters. The second-order valence-electron chi connectivity index (χ2n) is 11.3. The van der Waals surface area contributed by atoms with E-state index in [0.717, 1.165) is 43.7 Å². The monoisotopic (exact) mass is 539 g/mol. The van der Waals surface area contributed by atoms with Crippen LogP contribution in [0.3, 0.4) is 0 Å². The Kier molecular flexibility index (Phi) is 7.02. The summed E-state index contributed by atoms with van der Waals surface area (Å²) < 4.78 is 65.1. The predicted molar refractivity (Wildman–Crippen MR) is 143 cm³/mol. The van der Waals surface area contributed by atoms with Gasteiger partial charge in [-0.3, -0.25) is 4.90 Å². The Labute approximate surface area is 226 Å². The number of nitrogens with zero attached hydrogens (tertiary/aromatic N) is 2. The number of halogens is 4. The summed E-state index contributed by atoms with van der Waals surface area (Å²) in [5.74, 6) is -0.770. The van der Waals surface area contributed by atoms with Gasteiger partial charge >= 0.3 is 0 Å². The molecule has 8 heteroatoms. The lowest BCUT2D eigenvalue weighted by atomic mass is 9.81. The van der Waals surface area contributed by atoms with E-state index in [9.17, 15) is 8.78 Å². The van der Waals surface area contributed by atoms with Crippen molar-refractivity contribution in [1.82, 2.24) is 10.2 Å². The molecule has 2 fully saturated rings. The second-order valence-corrected chi connectivity index (χ2v) is 11.3. The van der Waals surface area contributed by atoms with Gasteiger partial charge in [0.1, 0.15) is 24.0 Å². The van der Waals surface area contributed by atoms with Crippen molar-refractivity contribution in [3.05, 3.63) is 94.6 Å². The highest BCUT2D eigenvalue weighted by atomic mass is 19.3. The van der Waals surface area contributed by atoms with Crippen molar-refractivity contribution in [2.75, 3.05) is 37.6 Å². The number of fused-ring (bicyclic) bond motifs is 1. The summed E-state index contributed by atoms with van der Waals surface area (Å²) in [6, 6.07) is 16.6. The normalized spacial score (nSPS) is 22.3. The van der Waals surface area contributed by atoms with E-state index in [0.29, 0.717) is 30.0 Å². The molecule has 3 aliphatic heterocycles. The fourth-order valence-electron chi connectivity index (χ4n) is 6.43. The minimum atomic E-state index is -2.63. The SMILES string of the molecule is C[C@@H]1Cc2cc(OCc3ccccc3)ccc2C(c2c(F)cc(N3CCC4(CNC4)C3)cc2F)N1CC(F)F. The average molecular weight is 540 g/mol. The van der Waals surface area contributed by atoms with E-state index in [4.69, 9.17) is 4.74 Å². The molecule has 0 bridgehead atoms. The Morgan fingerprint density at radius 3 is 2.41 bits per heavy atom. The molecule has 1 unspecified atom stereocenters. The van der Waals surface area contributed by atoms with Crippen LogP contribution < -0.4 is 15.0 Å². The summed E-state index contributed by atoms with van der Waals surface area (Å²) >= 11 is 0. The number of ether oxygens (including phenoxy) is 1. The molecule has 0 aromatic heterocycles. The van der Waals surface area contributed by atoms with Gasteiger partial charge in [-0.15, -0.1) is 0 Å². The Morgan fingerprint density at radius 1 is 1.03 bits per heavy atom. The number of hydrogen-bond donors (Lipinski definition) is 1. The number of rotatable bonds is 7. The van der Waals surface area contributed by atoms with Crippen LogP contribution in [0.5, 0.6) is 5.75 Å². The minimum absolute atomic E-state index is 0.177. The summed E-state index contributed by atoms with van der Waals surface area (Å²) in [6.45, 7) is 4.98. The van der Waals surface area contributed by atoms with Crippen molar-refractivity contribution in [2.45, 2.75) is 44.9 Å². The third-order valence-corrected chi connectivity index (χ3v) is 8.56. The van der Waals surface area contributed by atoms with Crippen molar-refractivity contribution < 1.29 is 22.3 Å². The van der Waals surface area contributed by atoms with Gasteiger partial charge in [0.2, 0.25) is 0 Å². The Morgan fingerprint density at radius 2 is 1.77 bits per heavy atom. The molecule has 206 valence electrons. The topological polar surface area (TPSA) is 27.7 Å². The van der Waals surface area contributed by atoms with E-state index in [1.165, 1.54) is 17.0 Å². The smallest absolute Gasteiger partial charge is 0.251 e. The van der Waals surface area contributed by atoms with Crippen molar-refractivity contribution in [3.8, 4) is 5.75 Å². The van der Waals surface area contributed by atoms with Crippen LogP contribution in [-0.4, -0.2) is 50.1 Å². The van der Waals surface area contributed by atoms with Crippen molar-refractivity contribution in [3.63, 3.8) is 0 Å². The molecule has 3 heterocycles. The quantitative estimate of drug-likeness (QED) is 0.376. The number of alkyl halides is 2. The number of nitrogens with one attached hydrogen (secondary N) is 1. The molecular weight excluding hydrogens is 506 g/mol. The summed E-state index contributed by atoms with van der Waals surface area (Å²) in [7, 11) is 0. The molecule has 4 nitrogen and oxygen atoms in total. The van der Waals surface area contributed by atoms with Crippen LogP contribution >= 0.6 is 0 Å². The molecule has 0 saturated carbocycles. The zero-order valence-electron chi connectivity index (χ0n) is 22.0. The van der Waals surface area contributed by atoms with Gasteiger partial charge in [-0.05, 0) is 60.7 Å². The van der Waals surface area contributed by atoms with E-state index in [-0.39, 0.29) is 17.0 Å². The van der Waals surface area contributed by atoms with Crippen LogP contribution in [0.15, 0.2) is 60.7 Å². The average Bonchev–Trinajstić information content (AvgIpc) is 3.36. The van der Waals surface area contributed by atoms with Crippen LogP contribution in [0.2, 0.25) is 0 Å². The number of anilines is 1. The third kappa shape index (κ3) is 5.12. The molecule has 39 heavy (non-hydrogen) atoms. The fourth-order valence-corrected chi connectivity index (χ4v) is 6.43. The van der Waals surface area contributed by atoms with E-state index in [1.54, 1.807) is 12.1 Å². The summed E-state index contributed by atoms with van der Waals surface area (Å²) in [5.41, 5.74) is 3.01. The van der Waals surface area contributed by atoms with Gasteiger partial charge < -0.3 is 15.0 Å². The molecule has 3 aromatic rings. The Hall–Kier alpha value is -3.10. The zero-order valence-corrected chi connectivity index (χ0v) is 22.0. The Balaban J connectivity index is 1.33. The largest absolute Gasteiger partial charge is 0.489 e. The molecule has 2 saturated heterocycles. The van der Waals surface area contributed by atoms with E-state index >= 15 is 8.78 Å². The zero-order chi connectivity index (χ0) is 27.1. The highest BCUT2D eigenvalue weighted by Crippen LogP contribution is 2.43. The fraction of sp³-hybridized carbons (Fsp3) is 0.419. The standard InChI is InChI=1S/C31H33F4N3O/c1-20-11-22-12-24(39-16-21-5-3-2-4-6-21)7-8-25(22)30(38(20)15-28(34)35)29-26(32)13-23(14-27(29)33)37-10-9-31(19-37)17-36-18-31/h2-8,12-14,20,28,30,36H,9-11,15-19H2,1H3/t20-,30?/m1/s1. The molecule has 6 rings (SSSR count). The van der Waals surface area contributed by atoms with Gasteiger partial charge in [0.05, 0.1) is 12.6 Å². The maximum Gasteiger partial charge on any atom is 0.251 e. The number of benzene rings is 3. The van der Waals surface area contributed by atoms with Crippen LogP contribution in [0.25, 0.3) is 0 Å². The van der Waals surface area contributed by atoms with E-state index < -0.39 is 30.6 Å². The molecule has 0 aliphatic carbocycles. The molecule has 3 aromatic carbocycles.